The fraction of sp³-hybridized carbons (Fsp3) is 0.571. The molecule has 1 aromatic rings. The van der Waals surface area contributed by atoms with Crippen LogP contribution >= 0.6 is 15.9 Å². The second-order valence-electron chi connectivity index (χ2n) is 5.08. The molecule has 0 unspecified atom stereocenters. The highest BCUT2D eigenvalue weighted by atomic mass is 79.9. The minimum atomic E-state index is -0.208. The van der Waals surface area contributed by atoms with Crippen LogP contribution in [0.4, 0.5) is 4.39 Å². The van der Waals surface area contributed by atoms with Crippen LogP contribution in [-0.2, 0) is 6.54 Å². The Balaban J connectivity index is 2.31. The minimum absolute atomic E-state index is 0.208. The van der Waals surface area contributed by atoms with E-state index in [-0.39, 0.29) is 5.82 Å². The van der Waals surface area contributed by atoms with Crippen molar-refractivity contribution in [2.75, 3.05) is 26.7 Å². The standard InChI is InChI=1S/C14H22BrFN2/c1-11(2)9-17-6-7-18(3)10-12-4-5-14(16)13(15)8-12/h4-5,8,11,17H,6-7,9-10H2,1-3H3. The van der Waals surface area contributed by atoms with Crippen LogP contribution < -0.4 is 5.32 Å². The predicted molar refractivity (Wildman–Crippen MR) is 78.1 cm³/mol. The van der Waals surface area contributed by atoms with Gasteiger partial charge in [0.2, 0.25) is 0 Å². The summed E-state index contributed by atoms with van der Waals surface area (Å²) in [5.74, 6) is 0.475. The molecule has 102 valence electrons. The average Bonchev–Trinajstić information content (AvgIpc) is 2.29. The zero-order valence-corrected chi connectivity index (χ0v) is 12.9. The number of halogens is 2. The van der Waals surface area contributed by atoms with Crippen LogP contribution in [0.25, 0.3) is 0 Å². The van der Waals surface area contributed by atoms with Crippen LogP contribution in [-0.4, -0.2) is 31.6 Å². The van der Waals surface area contributed by atoms with Gasteiger partial charge in [-0.1, -0.05) is 19.9 Å². The lowest BCUT2D eigenvalue weighted by Gasteiger charge is -2.17. The molecule has 1 aromatic carbocycles. The van der Waals surface area contributed by atoms with Crippen molar-refractivity contribution in [3.8, 4) is 0 Å². The van der Waals surface area contributed by atoms with Crippen molar-refractivity contribution in [3.05, 3.63) is 34.1 Å². The molecule has 0 heterocycles. The minimum Gasteiger partial charge on any atom is -0.315 e. The van der Waals surface area contributed by atoms with Crippen LogP contribution in [0.1, 0.15) is 19.4 Å². The molecule has 1 rings (SSSR count). The van der Waals surface area contributed by atoms with Crippen molar-refractivity contribution < 1.29 is 4.39 Å². The SMILES string of the molecule is CC(C)CNCCN(C)Cc1ccc(F)c(Br)c1. The van der Waals surface area contributed by atoms with E-state index >= 15 is 0 Å². The number of likely N-dealkylation sites (N-methyl/N-ethyl adjacent to an activating group) is 1. The Labute approximate surface area is 118 Å². The number of rotatable bonds is 7. The smallest absolute Gasteiger partial charge is 0.137 e. The molecular formula is C14H22BrFN2. The van der Waals surface area contributed by atoms with Crippen molar-refractivity contribution in [1.29, 1.82) is 0 Å². The summed E-state index contributed by atoms with van der Waals surface area (Å²) < 4.78 is 13.6. The quantitative estimate of drug-likeness (QED) is 0.777. The van der Waals surface area contributed by atoms with Gasteiger partial charge in [0.25, 0.3) is 0 Å². The summed E-state index contributed by atoms with van der Waals surface area (Å²) in [6.45, 7) is 8.26. The van der Waals surface area contributed by atoms with Crippen molar-refractivity contribution in [1.82, 2.24) is 10.2 Å². The Bertz CT molecular complexity index is 369. The van der Waals surface area contributed by atoms with Gasteiger partial charge in [-0.3, -0.25) is 0 Å². The summed E-state index contributed by atoms with van der Waals surface area (Å²) in [5.41, 5.74) is 1.12. The Morgan fingerprint density at radius 3 is 2.72 bits per heavy atom. The average molecular weight is 317 g/mol. The number of nitrogens with one attached hydrogen (secondary N) is 1. The Hall–Kier alpha value is -0.450. The molecule has 0 aliphatic heterocycles. The van der Waals surface area contributed by atoms with Crippen LogP contribution in [0.15, 0.2) is 22.7 Å². The summed E-state index contributed by atoms with van der Waals surface area (Å²) in [4.78, 5) is 2.23. The summed E-state index contributed by atoms with van der Waals surface area (Å²) in [6, 6.07) is 5.18. The van der Waals surface area contributed by atoms with Gasteiger partial charge < -0.3 is 10.2 Å². The predicted octanol–water partition coefficient (Wildman–Crippen LogP) is 3.27. The highest BCUT2D eigenvalue weighted by Gasteiger charge is 2.04. The topological polar surface area (TPSA) is 15.3 Å². The van der Waals surface area contributed by atoms with Gasteiger partial charge in [0.05, 0.1) is 4.47 Å². The first-order valence-corrected chi connectivity index (χ1v) is 7.11. The van der Waals surface area contributed by atoms with Crippen LogP contribution in [0, 0.1) is 11.7 Å². The van der Waals surface area contributed by atoms with Gasteiger partial charge in [-0.2, -0.15) is 0 Å². The maximum absolute atomic E-state index is 13.1. The van der Waals surface area contributed by atoms with E-state index in [1.54, 1.807) is 0 Å². The largest absolute Gasteiger partial charge is 0.315 e. The van der Waals surface area contributed by atoms with Crippen molar-refractivity contribution in [3.63, 3.8) is 0 Å². The fourth-order valence-corrected chi connectivity index (χ4v) is 2.12. The van der Waals surface area contributed by atoms with Gasteiger partial charge >= 0.3 is 0 Å². The molecule has 2 nitrogen and oxygen atoms in total. The van der Waals surface area contributed by atoms with E-state index in [1.165, 1.54) is 6.07 Å². The Morgan fingerprint density at radius 1 is 1.39 bits per heavy atom. The first-order valence-electron chi connectivity index (χ1n) is 6.32. The lowest BCUT2D eigenvalue weighted by molar-refractivity contribution is 0.321. The van der Waals surface area contributed by atoms with E-state index in [0.29, 0.717) is 10.4 Å². The molecule has 0 aliphatic rings. The lowest BCUT2D eigenvalue weighted by Crippen LogP contribution is -2.30. The molecule has 0 radical (unpaired) electrons. The van der Waals surface area contributed by atoms with E-state index < -0.39 is 0 Å². The molecule has 0 aromatic heterocycles. The number of hydrogen-bond acceptors (Lipinski definition) is 2. The fourth-order valence-electron chi connectivity index (χ4n) is 1.69. The molecule has 0 spiro atoms. The van der Waals surface area contributed by atoms with Gasteiger partial charge in [0.1, 0.15) is 5.82 Å². The van der Waals surface area contributed by atoms with E-state index in [1.807, 2.05) is 12.1 Å². The Kier molecular flexibility index (Phi) is 6.82. The normalized spacial score (nSPS) is 11.5. The number of nitrogens with zero attached hydrogens (tertiary/aromatic N) is 1. The molecule has 1 N–H and O–H groups in total. The Morgan fingerprint density at radius 2 is 2.11 bits per heavy atom. The molecule has 0 saturated carbocycles. The highest BCUT2D eigenvalue weighted by Crippen LogP contribution is 2.17. The van der Waals surface area contributed by atoms with E-state index in [4.69, 9.17) is 0 Å². The molecule has 0 aliphatic carbocycles. The van der Waals surface area contributed by atoms with Crippen LogP contribution in [0.3, 0.4) is 0 Å². The molecule has 18 heavy (non-hydrogen) atoms. The van der Waals surface area contributed by atoms with E-state index in [2.05, 4.69) is 47.0 Å². The first-order chi connectivity index (χ1) is 8.49. The summed E-state index contributed by atoms with van der Waals surface area (Å²) in [7, 11) is 2.08. The summed E-state index contributed by atoms with van der Waals surface area (Å²) in [6.07, 6.45) is 0. The maximum atomic E-state index is 13.1. The van der Waals surface area contributed by atoms with Crippen molar-refractivity contribution >= 4 is 15.9 Å². The van der Waals surface area contributed by atoms with Crippen LogP contribution in [0.5, 0.6) is 0 Å². The summed E-state index contributed by atoms with van der Waals surface area (Å²) in [5, 5.41) is 3.41. The number of hydrogen-bond donors (Lipinski definition) is 1. The monoisotopic (exact) mass is 316 g/mol. The molecule has 0 amide bonds. The second kappa shape index (κ2) is 7.87. The first kappa shape index (κ1) is 15.6. The van der Waals surface area contributed by atoms with Gasteiger partial charge in [-0.05, 0) is 53.1 Å². The maximum Gasteiger partial charge on any atom is 0.137 e. The third-order valence-electron chi connectivity index (χ3n) is 2.66. The highest BCUT2D eigenvalue weighted by molar-refractivity contribution is 9.10. The molecule has 0 saturated heterocycles. The van der Waals surface area contributed by atoms with Crippen molar-refractivity contribution in [2.45, 2.75) is 20.4 Å². The second-order valence-corrected chi connectivity index (χ2v) is 5.94. The molecular weight excluding hydrogens is 295 g/mol. The van der Waals surface area contributed by atoms with E-state index in [0.717, 1.165) is 31.7 Å². The van der Waals surface area contributed by atoms with Crippen LogP contribution in [0.2, 0.25) is 0 Å². The molecule has 4 heteroatoms. The van der Waals surface area contributed by atoms with Gasteiger partial charge in [0.15, 0.2) is 0 Å². The zero-order chi connectivity index (χ0) is 13.5. The molecule has 0 atom stereocenters. The zero-order valence-electron chi connectivity index (χ0n) is 11.3. The van der Waals surface area contributed by atoms with Crippen molar-refractivity contribution in [2.24, 2.45) is 5.92 Å². The molecule has 0 fully saturated rings. The lowest BCUT2D eigenvalue weighted by atomic mass is 10.2. The third kappa shape index (κ3) is 5.94. The third-order valence-corrected chi connectivity index (χ3v) is 3.27. The van der Waals surface area contributed by atoms with Gasteiger partial charge in [-0.25, -0.2) is 4.39 Å². The molecule has 0 bridgehead atoms. The van der Waals surface area contributed by atoms with E-state index in [9.17, 15) is 4.39 Å². The van der Waals surface area contributed by atoms with Gasteiger partial charge in [-0.15, -0.1) is 0 Å². The number of benzene rings is 1. The van der Waals surface area contributed by atoms with Gasteiger partial charge in [0, 0.05) is 19.6 Å². The summed E-state index contributed by atoms with van der Waals surface area (Å²) >= 11 is 3.21.